The van der Waals surface area contributed by atoms with Crippen molar-refractivity contribution < 1.29 is 13.2 Å². The van der Waals surface area contributed by atoms with Crippen molar-refractivity contribution in [3.8, 4) is 0 Å². The van der Waals surface area contributed by atoms with Crippen molar-refractivity contribution in [2.75, 3.05) is 19.3 Å². The second kappa shape index (κ2) is 6.58. The summed E-state index contributed by atoms with van der Waals surface area (Å²) in [6, 6.07) is 7.65. The first-order valence-corrected chi connectivity index (χ1v) is 8.83. The van der Waals surface area contributed by atoms with Crippen LogP contribution in [0.15, 0.2) is 24.3 Å². The van der Waals surface area contributed by atoms with Crippen LogP contribution in [-0.2, 0) is 21.2 Å². The van der Waals surface area contributed by atoms with E-state index in [1.165, 1.54) is 7.05 Å². The summed E-state index contributed by atoms with van der Waals surface area (Å²) in [5.74, 6) is -0.00369. The van der Waals surface area contributed by atoms with Gasteiger partial charge in [0.2, 0.25) is 15.9 Å². The highest BCUT2D eigenvalue weighted by atomic mass is 32.2. The quantitative estimate of drug-likeness (QED) is 0.885. The van der Waals surface area contributed by atoms with Gasteiger partial charge in [0.25, 0.3) is 0 Å². The standard InChI is InChI=1S/C15H22N2O3S/c1-12-5-7-13(8-6-12)10-15(18)17-9-3-4-14(17)11-21(19,20)16-2/h5-8,14,16H,3-4,9-11H2,1-2H3/t14-/m1/s1. The van der Waals surface area contributed by atoms with Crippen LogP contribution in [0.1, 0.15) is 24.0 Å². The summed E-state index contributed by atoms with van der Waals surface area (Å²) < 4.78 is 25.7. The molecule has 1 aromatic rings. The summed E-state index contributed by atoms with van der Waals surface area (Å²) in [6.07, 6.45) is 1.94. The zero-order valence-corrected chi connectivity index (χ0v) is 13.3. The first kappa shape index (κ1) is 16.0. The molecule has 0 aliphatic carbocycles. The van der Waals surface area contributed by atoms with Gasteiger partial charge in [0.15, 0.2) is 0 Å². The highest BCUT2D eigenvalue weighted by molar-refractivity contribution is 7.89. The van der Waals surface area contributed by atoms with Crippen LogP contribution < -0.4 is 4.72 Å². The van der Waals surface area contributed by atoms with Gasteiger partial charge in [-0.15, -0.1) is 0 Å². The predicted octanol–water partition coefficient (Wildman–Crippen LogP) is 1.08. The lowest BCUT2D eigenvalue weighted by Gasteiger charge is -2.24. The molecule has 0 radical (unpaired) electrons. The second-order valence-corrected chi connectivity index (χ2v) is 7.50. The molecule has 1 heterocycles. The lowest BCUT2D eigenvalue weighted by Crippen LogP contribution is -2.42. The van der Waals surface area contributed by atoms with E-state index < -0.39 is 10.0 Å². The number of hydrogen-bond acceptors (Lipinski definition) is 3. The topological polar surface area (TPSA) is 66.5 Å². The third-order valence-electron chi connectivity index (χ3n) is 3.90. The van der Waals surface area contributed by atoms with E-state index in [9.17, 15) is 13.2 Å². The van der Waals surface area contributed by atoms with Gasteiger partial charge in [-0.3, -0.25) is 4.79 Å². The van der Waals surface area contributed by atoms with E-state index in [1.807, 2.05) is 31.2 Å². The zero-order valence-electron chi connectivity index (χ0n) is 12.5. The maximum atomic E-state index is 12.4. The number of carbonyl (C=O) groups is 1. The average molecular weight is 310 g/mol. The van der Waals surface area contributed by atoms with E-state index >= 15 is 0 Å². The number of nitrogens with zero attached hydrogens (tertiary/aromatic N) is 1. The van der Waals surface area contributed by atoms with Gasteiger partial charge in [-0.25, -0.2) is 13.1 Å². The third-order valence-corrected chi connectivity index (χ3v) is 5.34. The Hall–Kier alpha value is -1.40. The van der Waals surface area contributed by atoms with Crippen LogP contribution in [0.4, 0.5) is 0 Å². The van der Waals surface area contributed by atoms with Crippen LogP contribution in [0, 0.1) is 6.92 Å². The number of rotatable bonds is 5. The predicted molar refractivity (Wildman–Crippen MR) is 82.5 cm³/mol. The number of benzene rings is 1. The van der Waals surface area contributed by atoms with E-state index in [1.54, 1.807) is 4.90 Å². The fourth-order valence-electron chi connectivity index (χ4n) is 2.66. The highest BCUT2D eigenvalue weighted by Crippen LogP contribution is 2.20. The van der Waals surface area contributed by atoms with Gasteiger partial charge < -0.3 is 4.90 Å². The maximum absolute atomic E-state index is 12.4. The number of hydrogen-bond donors (Lipinski definition) is 1. The minimum Gasteiger partial charge on any atom is -0.338 e. The summed E-state index contributed by atoms with van der Waals surface area (Å²) in [6.45, 7) is 2.65. The van der Waals surface area contributed by atoms with E-state index in [2.05, 4.69) is 4.72 Å². The monoisotopic (exact) mass is 310 g/mol. The first-order chi connectivity index (χ1) is 9.91. The summed E-state index contributed by atoms with van der Waals surface area (Å²) in [5, 5.41) is 0. The molecule has 1 aromatic carbocycles. The van der Waals surface area contributed by atoms with Gasteiger partial charge in [-0.1, -0.05) is 29.8 Å². The largest absolute Gasteiger partial charge is 0.338 e. The van der Waals surface area contributed by atoms with Crippen LogP contribution in [0.3, 0.4) is 0 Å². The Morgan fingerprint density at radius 2 is 2.00 bits per heavy atom. The molecule has 1 atom stereocenters. The summed E-state index contributed by atoms with van der Waals surface area (Å²) in [7, 11) is -1.89. The molecule has 0 spiro atoms. The van der Waals surface area contributed by atoms with Crippen molar-refractivity contribution in [2.24, 2.45) is 0 Å². The van der Waals surface area contributed by atoms with Gasteiger partial charge in [-0.2, -0.15) is 0 Å². The van der Waals surface area contributed by atoms with Crippen molar-refractivity contribution in [1.82, 2.24) is 9.62 Å². The molecule has 1 aliphatic rings. The zero-order chi connectivity index (χ0) is 15.5. The molecule has 1 fully saturated rings. The van der Waals surface area contributed by atoms with E-state index in [4.69, 9.17) is 0 Å². The Bertz CT molecular complexity index is 596. The molecule has 1 amide bonds. The van der Waals surface area contributed by atoms with Crippen LogP contribution >= 0.6 is 0 Å². The van der Waals surface area contributed by atoms with Crippen LogP contribution in [-0.4, -0.2) is 44.6 Å². The average Bonchev–Trinajstić information content (AvgIpc) is 2.89. The molecule has 0 unspecified atom stereocenters. The molecular weight excluding hydrogens is 288 g/mol. The number of nitrogens with one attached hydrogen (secondary N) is 1. The van der Waals surface area contributed by atoms with Gasteiger partial charge in [0, 0.05) is 12.6 Å². The van der Waals surface area contributed by atoms with Crippen LogP contribution in [0.2, 0.25) is 0 Å². The first-order valence-electron chi connectivity index (χ1n) is 7.17. The van der Waals surface area contributed by atoms with Crippen molar-refractivity contribution >= 4 is 15.9 Å². The number of carbonyl (C=O) groups excluding carboxylic acids is 1. The molecule has 1 saturated heterocycles. The Morgan fingerprint density at radius 1 is 1.33 bits per heavy atom. The fraction of sp³-hybridized carbons (Fsp3) is 0.533. The van der Waals surface area contributed by atoms with Gasteiger partial charge >= 0.3 is 0 Å². The molecule has 5 nitrogen and oxygen atoms in total. The molecule has 21 heavy (non-hydrogen) atoms. The Morgan fingerprint density at radius 3 is 2.62 bits per heavy atom. The molecule has 0 saturated carbocycles. The van der Waals surface area contributed by atoms with E-state index in [0.29, 0.717) is 13.0 Å². The second-order valence-electron chi connectivity index (χ2n) is 5.53. The normalized spacial score (nSPS) is 19.0. The Kier molecular flexibility index (Phi) is 5.00. The molecule has 0 bridgehead atoms. The minimum atomic E-state index is -3.29. The van der Waals surface area contributed by atoms with Gasteiger partial charge in [0.05, 0.1) is 12.2 Å². The minimum absolute atomic E-state index is 0.00709. The number of aryl methyl sites for hydroxylation is 1. The fourth-order valence-corrected chi connectivity index (χ4v) is 3.68. The van der Waals surface area contributed by atoms with E-state index in [0.717, 1.165) is 24.0 Å². The smallest absolute Gasteiger partial charge is 0.227 e. The molecule has 0 aromatic heterocycles. The Balaban J connectivity index is 2.02. The van der Waals surface area contributed by atoms with Crippen molar-refractivity contribution in [3.05, 3.63) is 35.4 Å². The van der Waals surface area contributed by atoms with Crippen LogP contribution in [0.5, 0.6) is 0 Å². The number of sulfonamides is 1. The lowest BCUT2D eigenvalue weighted by molar-refractivity contribution is -0.130. The SMILES string of the molecule is CNS(=O)(=O)C[C@H]1CCCN1C(=O)Cc1ccc(C)cc1. The maximum Gasteiger partial charge on any atom is 0.227 e. The number of likely N-dealkylation sites (tertiary alicyclic amines) is 1. The molecule has 2 rings (SSSR count). The van der Waals surface area contributed by atoms with Crippen molar-refractivity contribution in [1.29, 1.82) is 0 Å². The van der Waals surface area contributed by atoms with Crippen molar-refractivity contribution in [2.45, 2.75) is 32.2 Å². The Labute approximate surface area is 126 Å². The number of amides is 1. The summed E-state index contributed by atoms with van der Waals surface area (Å²) >= 11 is 0. The molecule has 116 valence electrons. The molecular formula is C15H22N2O3S. The highest BCUT2D eigenvalue weighted by Gasteiger charge is 2.31. The summed E-state index contributed by atoms with van der Waals surface area (Å²) in [5.41, 5.74) is 2.12. The summed E-state index contributed by atoms with van der Waals surface area (Å²) in [4.78, 5) is 14.1. The molecule has 1 aliphatic heterocycles. The van der Waals surface area contributed by atoms with Gasteiger partial charge in [-0.05, 0) is 32.4 Å². The lowest BCUT2D eigenvalue weighted by atomic mass is 10.1. The van der Waals surface area contributed by atoms with Crippen LogP contribution in [0.25, 0.3) is 0 Å². The third kappa shape index (κ3) is 4.28. The van der Waals surface area contributed by atoms with Crippen molar-refractivity contribution in [3.63, 3.8) is 0 Å². The van der Waals surface area contributed by atoms with Gasteiger partial charge in [0.1, 0.15) is 0 Å². The van der Waals surface area contributed by atoms with E-state index in [-0.39, 0.29) is 17.7 Å². The molecule has 1 N–H and O–H groups in total. The molecule has 6 heteroatoms.